The molecule has 1 aromatic carbocycles. The fraction of sp³-hybridized carbons (Fsp3) is 0.500. The van der Waals surface area contributed by atoms with Gasteiger partial charge in [0, 0.05) is 18.5 Å². The van der Waals surface area contributed by atoms with Gasteiger partial charge in [-0.2, -0.15) is 0 Å². The highest BCUT2D eigenvalue weighted by molar-refractivity contribution is 5.94. The van der Waals surface area contributed by atoms with E-state index in [0.717, 1.165) is 19.3 Å². The first-order valence-corrected chi connectivity index (χ1v) is 6.69. The first-order valence-electron chi connectivity index (χ1n) is 6.69. The second-order valence-electron chi connectivity index (χ2n) is 4.46. The van der Waals surface area contributed by atoms with E-state index in [2.05, 4.69) is 5.32 Å². The van der Waals surface area contributed by atoms with Crippen LogP contribution in [0.3, 0.4) is 0 Å². The van der Waals surface area contributed by atoms with E-state index in [0.29, 0.717) is 43.4 Å². The van der Waals surface area contributed by atoms with E-state index in [1.54, 1.807) is 18.2 Å². The Bertz CT molecular complexity index is 440. The van der Waals surface area contributed by atoms with Crippen LogP contribution >= 0.6 is 12.4 Å². The average molecular weight is 301 g/mol. The molecule has 0 unspecified atom stereocenters. The van der Waals surface area contributed by atoms with Gasteiger partial charge in [0.1, 0.15) is 0 Å². The number of rotatable bonds is 5. The molecule has 0 saturated heterocycles. The summed E-state index contributed by atoms with van der Waals surface area (Å²) in [5, 5.41) is 2.87. The van der Waals surface area contributed by atoms with E-state index < -0.39 is 0 Å². The van der Waals surface area contributed by atoms with Crippen molar-refractivity contribution in [1.82, 2.24) is 5.32 Å². The summed E-state index contributed by atoms with van der Waals surface area (Å²) in [6, 6.07) is 5.28. The highest BCUT2D eigenvalue weighted by Gasteiger charge is 2.13. The number of carbonyl (C=O) groups is 1. The van der Waals surface area contributed by atoms with E-state index in [4.69, 9.17) is 15.2 Å². The molecular weight excluding hydrogens is 280 g/mol. The van der Waals surface area contributed by atoms with E-state index >= 15 is 0 Å². The largest absolute Gasteiger partial charge is 0.490 e. The molecular formula is C14H21ClN2O3. The van der Waals surface area contributed by atoms with Gasteiger partial charge in [-0.05, 0) is 37.6 Å². The van der Waals surface area contributed by atoms with Crippen LogP contribution < -0.4 is 20.5 Å². The lowest BCUT2D eigenvalue weighted by Gasteiger charge is -2.09. The van der Waals surface area contributed by atoms with Gasteiger partial charge in [-0.25, -0.2) is 0 Å². The van der Waals surface area contributed by atoms with Gasteiger partial charge in [-0.3, -0.25) is 4.79 Å². The maximum atomic E-state index is 11.9. The van der Waals surface area contributed by atoms with Gasteiger partial charge in [-0.1, -0.05) is 0 Å². The van der Waals surface area contributed by atoms with Crippen molar-refractivity contribution in [3.63, 3.8) is 0 Å². The molecule has 0 spiro atoms. The van der Waals surface area contributed by atoms with Crippen LogP contribution in [-0.4, -0.2) is 32.2 Å². The molecule has 6 heteroatoms. The summed E-state index contributed by atoms with van der Waals surface area (Å²) in [5.74, 6) is 1.26. The Balaban J connectivity index is 0.00000200. The quantitative estimate of drug-likeness (QED) is 0.812. The fourth-order valence-corrected chi connectivity index (χ4v) is 1.88. The van der Waals surface area contributed by atoms with Gasteiger partial charge in [-0.15, -0.1) is 12.4 Å². The van der Waals surface area contributed by atoms with Gasteiger partial charge in [0.05, 0.1) is 13.2 Å². The summed E-state index contributed by atoms with van der Waals surface area (Å²) in [5.41, 5.74) is 6.00. The predicted molar refractivity (Wildman–Crippen MR) is 79.9 cm³/mol. The third kappa shape index (κ3) is 4.58. The topological polar surface area (TPSA) is 73.6 Å². The normalized spacial score (nSPS) is 13.1. The molecule has 2 rings (SSSR count). The molecule has 1 aliphatic heterocycles. The second-order valence-corrected chi connectivity index (χ2v) is 4.46. The lowest BCUT2D eigenvalue weighted by Crippen LogP contribution is -2.24. The zero-order chi connectivity index (χ0) is 13.5. The molecule has 112 valence electrons. The lowest BCUT2D eigenvalue weighted by atomic mass is 10.2. The van der Waals surface area contributed by atoms with Crippen molar-refractivity contribution in [2.24, 2.45) is 5.73 Å². The number of halogens is 1. The highest BCUT2D eigenvalue weighted by Crippen LogP contribution is 2.30. The van der Waals surface area contributed by atoms with Gasteiger partial charge in [0.15, 0.2) is 11.5 Å². The number of fused-ring (bicyclic) bond motifs is 1. The first kappa shape index (κ1) is 16.6. The van der Waals surface area contributed by atoms with Crippen molar-refractivity contribution in [2.45, 2.75) is 19.3 Å². The van der Waals surface area contributed by atoms with Gasteiger partial charge in [0.2, 0.25) is 0 Å². The van der Waals surface area contributed by atoms with Crippen molar-refractivity contribution in [3.8, 4) is 11.5 Å². The maximum Gasteiger partial charge on any atom is 0.251 e. The first-order chi connectivity index (χ1) is 9.31. The Morgan fingerprint density at radius 1 is 1.20 bits per heavy atom. The minimum Gasteiger partial charge on any atom is -0.490 e. The molecule has 1 aromatic rings. The molecule has 1 amide bonds. The Labute approximate surface area is 125 Å². The molecule has 0 aromatic heterocycles. The second kappa shape index (κ2) is 8.66. The molecule has 0 atom stereocenters. The molecule has 1 aliphatic rings. The summed E-state index contributed by atoms with van der Waals surface area (Å²) in [6.07, 6.45) is 2.67. The number of amides is 1. The van der Waals surface area contributed by atoms with E-state index in [9.17, 15) is 4.79 Å². The van der Waals surface area contributed by atoms with Crippen LogP contribution in [0.1, 0.15) is 29.6 Å². The van der Waals surface area contributed by atoms with Crippen molar-refractivity contribution in [3.05, 3.63) is 23.8 Å². The molecule has 3 N–H and O–H groups in total. The molecule has 0 fully saturated rings. The number of hydrogen-bond acceptors (Lipinski definition) is 4. The third-order valence-corrected chi connectivity index (χ3v) is 2.93. The van der Waals surface area contributed by atoms with E-state index in [1.165, 1.54) is 0 Å². The summed E-state index contributed by atoms with van der Waals surface area (Å²) in [7, 11) is 0. The molecule has 5 nitrogen and oxygen atoms in total. The fourth-order valence-electron chi connectivity index (χ4n) is 1.88. The maximum absolute atomic E-state index is 11.9. The molecule has 0 radical (unpaired) electrons. The van der Waals surface area contributed by atoms with Crippen molar-refractivity contribution >= 4 is 18.3 Å². The monoisotopic (exact) mass is 300 g/mol. The highest BCUT2D eigenvalue weighted by atomic mass is 35.5. The molecule has 20 heavy (non-hydrogen) atoms. The van der Waals surface area contributed by atoms with Gasteiger partial charge >= 0.3 is 0 Å². The zero-order valence-corrected chi connectivity index (χ0v) is 12.2. The number of benzene rings is 1. The Morgan fingerprint density at radius 2 is 1.95 bits per heavy atom. The SMILES string of the molecule is Cl.NCCCCNC(=O)c1ccc2c(c1)OCCCO2. The minimum absolute atomic E-state index is 0. The number of hydrogen-bond donors (Lipinski definition) is 2. The van der Waals surface area contributed by atoms with Gasteiger partial charge in [0.25, 0.3) is 5.91 Å². The smallest absolute Gasteiger partial charge is 0.251 e. The average Bonchev–Trinajstić information content (AvgIpc) is 2.67. The number of nitrogens with one attached hydrogen (secondary N) is 1. The van der Waals surface area contributed by atoms with Crippen LogP contribution in [0.4, 0.5) is 0 Å². The van der Waals surface area contributed by atoms with Crippen molar-refractivity contribution in [2.75, 3.05) is 26.3 Å². The minimum atomic E-state index is -0.0901. The van der Waals surface area contributed by atoms with Crippen molar-refractivity contribution < 1.29 is 14.3 Å². The number of nitrogens with two attached hydrogens (primary N) is 1. The van der Waals surface area contributed by atoms with Crippen LogP contribution in [0.2, 0.25) is 0 Å². The van der Waals surface area contributed by atoms with E-state index in [-0.39, 0.29) is 18.3 Å². The van der Waals surface area contributed by atoms with Crippen molar-refractivity contribution in [1.29, 1.82) is 0 Å². The Morgan fingerprint density at radius 3 is 2.70 bits per heavy atom. The van der Waals surface area contributed by atoms with Crippen LogP contribution in [0.15, 0.2) is 18.2 Å². The molecule has 0 bridgehead atoms. The zero-order valence-electron chi connectivity index (χ0n) is 11.4. The third-order valence-electron chi connectivity index (χ3n) is 2.93. The van der Waals surface area contributed by atoms with Crippen LogP contribution in [-0.2, 0) is 0 Å². The lowest BCUT2D eigenvalue weighted by molar-refractivity contribution is 0.0952. The standard InChI is InChI=1S/C14H20N2O3.ClH/c15-6-1-2-7-16-14(17)11-4-5-12-13(10-11)19-9-3-8-18-12;/h4-5,10H,1-3,6-9,15H2,(H,16,17);1H. The molecule has 0 saturated carbocycles. The molecule has 0 aliphatic carbocycles. The van der Waals surface area contributed by atoms with E-state index in [1.807, 2.05) is 0 Å². The Kier molecular flexibility index (Phi) is 7.18. The predicted octanol–water partition coefficient (Wildman–Crippen LogP) is 1.74. The summed E-state index contributed by atoms with van der Waals surface area (Å²) < 4.78 is 11.1. The number of carbonyl (C=O) groups excluding carboxylic acids is 1. The van der Waals surface area contributed by atoms with Crippen LogP contribution in [0.5, 0.6) is 11.5 Å². The number of ether oxygens (including phenoxy) is 2. The number of unbranched alkanes of at least 4 members (excludes halogenated alkanes) is 1. The van der Waals surface area contributed by atoms with Gasteiger partial charge < -0.3 is 20.5 Å². The summed E-state index contributed by atoms with van der Waals surface area (Å²) >= 11 is 0. The summed E-state index contributed by atoms with van der Waals surface area (Å²) in [6.45, 7) is 2.57. The van der Waals surface area contributed by atoms with Crippen LogP contribution in [0.25, 0.3) is 0 Å². The Hall–Kier alpha value is -1.46. The molecule has 1 heterocycles. The summed E-state index contributed by atoms with van der Waals surface area (Å²) in [4.78, 5) is 11.9. The van der Waals surface area contributed by atoms with Crippen LogP contribution in [0, 0.1) is 0 Å².